The molecule has 24 nitrogen and oxygen atoms in total. The van der Waals surface area contributed by atoms with Crippen molar-refractivity contribution in [2.75, 3.05) is 80.3 Å². The highest BCUT2D eigenvalue weighted by molar-refractivity contribution is 5.92. The van der Waals surface area contributed by atoms with Crippen LogP contribution < -0.4 is 25.3 Å². The van der Waals surface area contributed by atoms with Crippen LogP contribution in [0.1, 0.15) is 103 Å². The maximum Gasteiger partial charge on any atom is 0.181 e. The predicted octanol–water partition coefficient (Wildman–Crippen LogP) is 13.1. The van der Waals surface area contributed by atoms with Gasteiger partial charge in [0.1, 0.15) is 17.5 Å². The van der Waals surface area contributed by atoms with Crippen molar-refractivity contribution in [3.63, 3.8) is 0 Å². The van der Waals surface area contributed by atoms with Crippen LogP contribution in [-0.4, -0.2) is 181 Å². The molecule has 1 unspecified atom stereocenters. The molecule has 0 aliphatic carbocycles. The highest BCUT2D eigenvalue weighted by atomic mass is 19.1. The summed E-state index contributed by atoms with van der Waals surface area (Å²) in [6.07, 6.45) is 12.1. The van der Waals surface area contributed by atoms with Crippen molar-refractivity contribution in [1.29, 1.82) is 0 Å². The molecule has 103 heavy (non-hydrogen) atoms. The second-order valence-corrected chi connectivity index (χ2v) is 28.8. The van der Waals surface area contributed by atoms with Gasteiger partial charge in [0.05, 0.1) is 70.1 Å². The van der Waals surface area contributed by atoms with E-state index in [1.807, 2.05) is 116 Å². The summed E-state index contributed by atoms with van der Waals surface area (Å²) in [6.45, 7) is 23.5. The van der Waals surface area contributed by atoms with Crippen molar-refractivity contribution in [2.45, 2.75) is 123 Å². The van der Waals surface area contributed by atoms with Gasteiger partial charge in [-0.3, -0.25) is 20.4 Å². The molecule has 7 atom stereocenters. The number of aromatic amines is 4. The van der Waals surface area contributed by atoms with Crippen LogP contribution in [0.4, 0.5) is 21.8 Å². The molecule has 12 aromatic rings. The number of pyridine rings is 8. The van der Waals surface area contributed by atoms with E-state index in [1.165, 1.54) is 0 Å². The molecule has 0 spiro atoms. The summed E-state index contributed by atoms with van der Waals surface area (Å²) in [5.74, 6) is 5.18. The number of aliphatic hydroxyl groups is 2. The van der Waals surface area contributed by atoms with E-state index >= 15 is 4.39 Å². The molecule has 0 saturated carbocycles. The molecule has 0 aromatic carbocycles. The van der Waals surface area contributed by atoms with Crippen molar-refractivity contribution in [3.05, 3.63) is 152 Å². The van der Waals surface area contributed by atoms with Crippen molar-refractivity contribution in [3.8, 4) is 45.6 Å². The number of ether oxygens (including phenoxy) is 1. The van der Waals surface area contributed by atoms with Gasteiger partial charge in [0.2, 0.25) is 0 Å². The first-order valence-electron chi connectivity index (χ1n) is 36.5. The molecule has 4 saturated heterocycles. The molecule has 12 aromatic heterocycles. The number of nitrogens with zero attached hydrogens (tertiary/aromatic N) is 15. The van der Waals surface area contributed by atoms with Crippen molar-refractivity contribution >= 4 is 61.6 Å². The first-order valence-corrected chi connectivity index (χ1v) is 36.5. The van der Waals surface area contributed by atoms with E-state index in [0.29, 0.717) is 89.0 Å². The van der Waals surface area contributed by atoms with E-state index in [2.05, 4.69) is 139 Å². The summed E-state index contributed by atoms with van der Waals surface area (Å²) >= 11 is 0. The Hall–Kier alpha value is -9.79. The van der Waals surface area contributed by atoms with E-state index in [4.69, 9.17) is 19.7 Å². The maximum absolute atomic E-state index is 15.8. The molecule has 16 rings (SSSR count). The number of fused-ring (bicyclic) bond motifs is 4. The molecule has 4 aliphatic heterocycles. The number of piperidine rings is 3. The van der Waals surface area contributed by atoms with Crippen LogP contribution in [0.15, 0.2) is 146 Å². The number of alkyl halides is 1. The number of H-pyrrole nitrogens is 4. The number of hydrogen-bond donors (Lipinski definition) is 8. The summed E-state index contributed by atoms with van der Waals surface area (Å²) in [4.78, 5) is 43.2. The molecular weight excluding hydrogens is 1300 g/mol. The number of piperazine rings is 1. The minimum absolute atomic E-state index is 0. The second kappa shape index (κ2) is 33.1. The third-order valence-electron chi connectivity index (χ3n) is 19.7. The number of aliphatic hydroxyl groups excluding tert-OH is 2. The molecule has 25 heteroatoms. The molecular formula is C78H102FN21O3. The Morgan fingerprint density at radius 2 is 0.864 bits per heavy atom. The summed E-state index contributed by atoms with van der Waals surface area (Å²) in [7, 11) is 0. The first-order chi connectivity index (χ1) is 50.1. The second-order valence-electron chi connectivity index (χ2n) is 28.8. The maximum atomic E-state index is 15.8. The lowest BCUT2D eigenvalue weighted by Crippen LogP contribution is -2.53. The Kier molecular flexibility index (Phi) is 23.0. The first kappa shape index (κ1) is 71.6. The fraction of sp³-hybridized carbons (Fsp3) is 0.436. The van der Waals surface area contributed by atoms with Crippen LogP contribution in [0, 0.1) is 29.6 Å². The Balaban J connectivity index is 0.000000150. The average Bonchev–Trinajstić information content (AvgIpc) is 1.87. The lowest BCUT2D eigenvalue weighted by atomic mass is 9.83. The molecule has 4 fully saturated rings. The van der Waals surface area contributed by atoms with E-state index in [9.17, 15) is 10.2 Å². The van der Waals surface area contributed by atoms with Gasteiger partial charge in [0.25, 0.3) is 0 Å². The topological polar surface area (TPSA) is 301 Å². The standard InChI is InChI=1S/C20H24FN5.2C20H25N5O.C18H22N6O.3H2/c1-13(2)11-14-12-20(21,8-10-22-14)17-7-3-6-16(24-17)18-15-5-4-9-23-19(15)26-25-18;2*1-13(2)11-14-12-25(10-8-17(14)26)18-7-3-6-16(22-18)19-15-5-4-9-21-20(15)24-23-19;1-2-25-12-13-11-24(10-9-19-13)16-7-3-6-15(21-16)17-14-5-4-8-20-18(14)23-22-17;;;/h3-7,9,13-14,22H,8,10-12H2,1-2H3,(H,23,25,26);2*3-7,9,13-14,17,26H,8,10-12H2,1-2H3,(H,21,23,24);3-8,13,19H,2,9-12H2,1H3,(H,20,22,23);3*1H/t14-,20?;2*14-,17-;13-;;;/m0101.../s1. The summed E-state index contributed by atoms with van der Waals surface area (Å²) < 4.78 is 21.4. The van der Waals surface area contributed by atoms with Crippen LogP contribution in [0.3, 0.4) is 0 Å². The van der Waals surface area contributed by atoms with Crippen LogP contribution in [0.2, 0.25) is 0 Å². The van der Waals surface area contributed by atoms with Gasteiger partial charge in [0.15, 0.2) is 28.3 Å². The highest BCUT2D eigenvalue weighted by Crippen LogP contribution is 2.39. The van der Waals surface area contributed by atoms with E-state index in [-0.39, 0.29) is 22.5 Å². The Morgan fingerprint density at radius 3 is 1.27 bits per heavy atom. The van der Waals surface area contributed by atoms with Crippen LogP contribution in [-0.2, 0) is 10.4 Å². The van der Waals surface area contributed by atoms with Crippen molar-refractivity contribution in [2.24, 2.45) is 29.6 Å². The minimum Gasteiger partial charge on any atom is -0.393 e. The van der Waals surface area contributed by atoms with Crippen LogP contribution in [0.5, 0.6) is 0 Å². The van der Waals surface area contributed by atoms with Crippen molar-refractivity contribution < 1.29 is 23.6 Å². The molecule has 8 N–H and O–H groups in total. The third-order valence-corrected chi connectivity index (χ3v) is 19.7. The van der Waals surface area contributed by atoms with Crippen molar-refractivity contribution in [1.82, 2.24) is 91.3 Å². The number of hydrogen-bond acceptors (Lipinski definition) is 20. The van der Waals surface area contributed by atoms with Gasteiger partial charge in [-0.15, -0.1) is 0 Å². The Morgan fingerprint density at radius 1 is 0.476 bits per heavy atom. The number of aromatic nitrogens is 16. The molecule has 0 amide bonds. The lowest BCUT2D eigenvalue weighted by Gasteiger charge is -2.37. The number of halogens is 1. The van der Waals surface area contributed by atoms with Gasteiger partial charge in [-0.1, -0.05) is 65.8 Å². The number of anilines is 3. The van der Waals surface area contributed by atoms with E-state index in [0.717, 1.165) is 170 Å². The Labute approximate surface area is 604 Å². The Bertz CT molecular complexity index is 4580. The molecule has 4 aliphatic rings. The van der Waals surface area contributed by atoms with Gasteiger partial charge in [-0.05, 0) is 167 Å². The summed E-state index contributed by atoms with van der Waals surface area (Å²) in [6, 6.07) is 39.9. The van der Waals surface area contributed by atoms with Gasteiger partial charge < -0.3 is 40.3 Å². The van der Waals surface area contributed by atoms with Gasteiger partial charge in [0, 0.05) is 133 Å². The molecule has 0 radical (unpaired) electrons. The quantitative estimate of drug-likeness (QED) is 0.0420. The fourth-order valence-corrected chi connectivity index (χ4v) is 14.8. The van der Waals surface area contributed by atoms with Gasteiger partial charge in [-0.25, -0.2) is 44.3 Å². The molecule has 16 heterocycles. The van der Waals surface area contributed by atoms with Crippen LogP contribution in [0.25, 0.3) is 89.7 Å². The average molecular weight is 1400 g/mol. The van der Waals surface area contributed by atoms with E-state index in [1.54, 1.807) is 30.9 Å². The third kappa shape index (κ3) is 17.3. The summed E-state index contributed by atoms with van der Waals surface area (Å²) in [5.41, 5.74) is 8.67. The zero-order valence-electron chi connectivity index (χ0n) is 60.0. The monoisotopic (exact) mass is 1400 g/mol. The summed E-state index contributed by atoms with van der Waals surface area (Å²) in [5, 5.41) is 60.7. The van der Waals surface area contributed by atoms with Gasteiger partial charge >= 0.3 is 0 Å². The lowest BCUT2D eigenvalue weighted by molar-refractivity contribution is 0.0763. The minimum atomic E-state index is -1.39. The molecule has 0 bridgehead atoms. The zero-order chi connectivity index (χ0) is 71.4. The fourth-order valence-electron chi connectivity index (χ4n) is 14.8. The smallest absolute Gasteiger partial charge is 0.181 e. The molecule has 544 valence electrons. The zero-order valence-corrected chi connectivity index (χ0v) is 60.0. The number of rotatable bonds is 17. The van der Waals surface area contributed by atoms with E-state index < -0.39 is 5.67 Å². The normalized spacial score (nSPS) is 20.8. The predicted molar refractivity (Wildman–Crippen MR) is 410 cm³/mol. The highest BCUT2D eigenvalue weighted by Gasteiger charge is 2.40. The van der Waals surface area contributed by atoms with Crippen LogP contribution >= 0.6 is 0 Å². The van der Waals surface area contributed by atoms with Gasteiger partial charge in [-0.2, -0.15) is 20.4 Å². The number of nitrogens with one attached hydrogen (secondary N) is 6. The SMILES string of the molecule is CC(C)C[C@@H]1CN(c2cccc(-c3[nH]nc4ncccc34)n2)CC[C@H]1O.CC(C)C[C@H]1CC(F)(c2cccc(-c3[nH]nc4ncccc34)n2)CCN1.CC(C)C[C@H]1CN(c2cccc(-c3[nH]nc4ncccc34)n2)CC[C@@H]1O.CCOC[C@H]1CN(c2cccc(-c3[nH]nc4ncccc34)n2)CCN1.[HH].[HH].[HH]. The largest absolute Gasteiger partial charge is 0.393 e.